The molecule has 0 spiro atoms. The van der Waals surface area contributed by atoms with Gasteiger partial charge in [-0.2, -0.15) is 4.98 Å². The van der Waals surface area contributed by atoms with Gasteiger partial charge in [0, 0.05) is 16.5 Å². The predicted octanol–water partition coefficient (Wildman–Crippen LogP) is 4.77. The summed E-state index contributed by atoms with van der Waals surface area (Å²) < 4.78 is 6.10. The number of benzene rings is 1. The van der Waals surface area contributed by atoms with Gasteiger partial charge in [0.25, 0.3) is 0 Å². The maximum atomic E-state index is 12.1. The lowest BCUT2D eigenvalue weighted by atomic mass is 9.99. The van der Waals surface area contributed by atoms with Crippen molar-refractivity contribution in [3.05, 3.63) is 33.6 Å². The number of carbonyl (C=O) groups excluding carboxylic acids is 1. The Balaban J connectivity index is 1.88. The zero-order chi connectivity index (χ0) is 14.8. The first-order valence-corrected chi connectivity index (χ1v) is 8.14. The van der Waals surface area contributed by atoms with Gasteiger partial charge in [-0.3, -0.25) is 4.79 Å². The molecular weight excluding hydrogens is 356 g/mol. The third-order valence-corrected chi connectivity index (χ3v) is 4.94. The molecule has 3 rings (SSSR count). The topological polar surface area (TPSA) is 56.0 Å². The van der Waals surface area contributed by atoms with E-state index in [1.807, 2.05) is 12.1 Å². The number of halogens is 2. The van der Waals surface area contributed by atoms with Crippen LogP contribution in [0.2, 0.25) is 5.02 Å². The third-order valence-electron chi connectivity index (χ3n) is 3.72. The van der Waals surface area contributed by atoms with Crippen molar-refractivity contribution in [3.8, 4) is 11.4 Å². The summed E-state index contributed by atoms with van der Waals surface area (Å²) in [5.74, 6) is 0.881. The van der Waals surface area contributed by atoms with E-state index in [9.17, 15) is 4.79 Å². The quantitative estimate of drug-likeness (QED) is 0.716. The maximum absolute atomic E-state index is 12.1. The van der Waals surface area contributed by atoms with Gasteiger partial charge in [-0.05, 0) is 47.0 Å². The van der Waals surface area contributed by atoms with Crippen molar-refractivity contribution in [2.24, 2.45) is 0 Å². The van der Waals surface area contributed by atoms with E-state index in [-0.39, 0.29) is 11.7 Å². The third kappa shape index (κ3) is 3.19. The fraction of sp³-hybridized carbons (Fsp3) is 0.400. The van der Waals surface area contributed by atoms with E-state index in [1.165, 1.54) is 0 Å². The van der Waals surface area contributed by atoms with Gasteiger partial charge < -0.3 is 4.52 Å². The predicted molar refractivity (Wildman–Crippen MR) is 83.3 cm³/mol. The van der Waals surface area contributed by atoms with Crippen LogP contribution in [0.15, 0.2) is 27.2 Å². The lowest BCUT2D eigenvalue weighted by Crippen LogP contribution is -2.10. The van der Waals surface area contributed by atoms with Crippen molar-refractivity contribution < 1.29 is 9.32 Å². The number of ketones is 1. The zero-order valence-corrected chi connectivity index (χ0v) is 13.7. The standard InChI is InChI=1S/C15H14BrClN2O2/c16-11-8-9(6-7-12(11)17)14-18-15(21-19-14)10-4-2-1-3-5-13(10)20/h6-8,10H,1-5H2. The molecule has 0 radical (unpaired) electrons. The number of nitrogens with zero attached hydrogens (tertiary/aromatic N) is 2. The molecule has 4 nitrogen and oxygen atoms in total. The first kappa shape index (κ1) is 14.7. The largest absolute Gasteiger partial charge is 0.338 e. The van der Waals surface area contributed by atoms with E-state index in [0.717, 1.165) is 35.7 Å². The molecule has 110 valence electrons. The molecule has 0 saturated heterocycles. The van der Waals surface area contributed by atoms with Crippen LogP contribution in [-0.4, -0.2) is 15.9 Å². The Labute approximate surface area is 136 Å². The van der Waals surface area contributed by atoms with E-state index in [4.69, 9.17) is 16.1 Å². The second kappa shape index (κ2) is 6.28. The molecule has 1 saturated carbocycles. The van der Waals surface area contributed by atoms with E-state index in [1.54, 1.807) is 6.07 Å². The Hall–Kier alpha value is -1.20. The summed E-state index contributed by atoms with van der Waals surface area (Å²) in [4.78, 5) is 16.5. The van der Waals surface area contributed by atoms with Crippen molar-refractivity contribution in [1.29, 1.82) is 0 Å². The molecule has 1 aliphatic rings. The minimum Gasteiger partial charge on any atom is -0.338 e. The lowest BCUT2D eigenvalue weighted by Gasteiger charge is -2.06. The maximum Gasteiger partial charge on any atom is 0.237 e. The van der Waals surface area contributed by atoms with E-state index >= 15 is 0 Å². The Morgan fingerprint density at radius 1 is 1.29 bits per heavy atom. The molecule has 1 atom stereocenters. The van der Waals surface area contributed by atoms with Crippen molar-refractivity contribution >= 4 is 33.3 Å². The van der Waals surface area contributed by atoms with Gasteiger partial charge in [0.2, 0.25) is 11.7 Å². The van der Waals surface area contributed by atoms with Gasteiger partial charge in [0.1, 0.15) is 5.78 Å². The molecule has 0 N–H and O–H groups in total. The van der Waals surface area contributed by atoms with Crippen molar-refractivity contribution in [2.45, 2.75) is 38.0 Å². The Morgan fingerprint density at radius 2 is 2.14 bits per heavy atom. The molecule has 1 aromatic carbocycles. The van der Waals surface area contributed by atoms with E-state index in [2.05, 4.69) is 26.1 Å². The Morgan fingerprint density at radius 3 is 2.95 bits per heavy atom. The van der Waals surface area contributed by atoms with Crippen LogP contribution in [0.25, 0.3) is 11.4 Å². The summed E-state index contributed by atoms with van der Waals surface area (Å²) in [6, 6.07) is 5.44. The molecular formula is C15H14BrClN2O2. The molecule has 6 heteroatoms. The van der Waals surface area contributed by atoms with Gasteiger partial charge in [-0.15, -0.1) is 0 Å². The molecule has 1 fully saturated rings. The number of carbonyl (C=O) groups is 1. The fourth-order valence-electron chi connectivity index (χ4n) is 2.55. The number of Topliss-reactive ketones (excluding diaryl/α,β-unsaturated/α-hetero) is 1. The first-order chi connectivity index (χ1) is 10.1. The van der Waals surface area contributed by atoms with Crippen LogP contribution in [0.4, 0.5) is 0 Å². The lowest BCUT2D eigenvalue weighted by molar-refractivity contribution is -0.120. The average Bonchev–Trinajstić information content (AvgIpc) is 2.85. The highest BCUT2D eigenvalue weighted by Crippen LogP contribution is 2.31. The van der Waals surface area contributed by atoms with Gasteiger partial charge in [0.05, 0.1) is 10.9 Å². The zero-order valence-electron chi connectivity index (χ0n) is 11.3. The minimum absolute atomic E-state index is 0.208. The van der Waals surface area contributed by atoms with Crippen LogP contribution in [0.1, 0.15) is 43.9 Å². The van der Waals surface area contributed by atoms with Crippen molar-refractivity contribution in [2.75, 3.05) is 0 Å². The summed E-state index contributed by atoms with van der Waals surface area (Å²) in [6.07, 6.45) is 4.48. The summed E-state index contributed by atoms with van der Waals surface area (Å²) in [5.41, 5.74) is 0.808. The highest BCUT2D eigenvalue weighted by molar-refractivity contribution is 9.10. The molecule has 1 heterocycles. The van der Waals surface area contributed by atoms with Crippen molar-refractivity contribution in [3.63, 3.8) is 0 Å². The second-order valence-corrected chi connectivity index (χ2v) is 6.46. The summed E-state index contributed by atoms with van der Waals surface area (Å²) >= 11 is 9.35. The molecule has 1 aromatic heterocycles. The van der Waals surface area contributed by atoms with Crippen LogP contribution in [0, 0.1) is 0 Å². The second-order valence-electron chi connectivity index (χ2n) is 5.20. The SMILES string of the molecule is O=C1CCCCCC1c1nc(-c2ccc(Cl)c(Br)c2)no1. The normalized spacial score (nSPS) is 19.5. The molecule has 0 aliphatic heterocycles. The smallest absolute Gasteiger partial charge is 0.237 e. The van der Waals surface area contributed by atoms with Crippen LogP contribution < -0.4 is 0 Å². The van der Waals surface area contributed by atoms with E-state index in [0.29, 0.717) is 23.2 Å². The Kier molecular flexibility index (Phi) is 4.40. The fourth-order valence-corrected chi connectivity index (χ4v) is 3.05. The van der Waals surface area contributed by atoms with Gasteiger partial charge >= 0.3 is 0 Å². The number of aromatic nitrogens is 2. The minimum atomic E-state index is -0.246. The van der Waals surface area contributed by atoms with Crippen molar-refractivity contribution in [1.82, 2.24) is 10.1 Å². The molecule has 2 aromatic rings. The summed E-state index contributed by atoms with van der Waals surface area (Å²) in [6.45, 7) is 0. The number of hydrogen-bond donors (Lipinski definition) is 0. The number of hydrogen-bond acceptors (Lipinski definition) is 4. The molecule has 21 heavy (non-hydrogen) atoms. The first-order valence-electron chi connectivity index (χ1n) is 6.97. The van der Waals surface area contributed by atoms with Gasteiger partial charge in [0.15, 0.2) is 0 Å². The highest BCUT2D eigenvalue weighted by Gasteiger charge is 2.27. The number of rotatable bonds is 2. The van der Waals surface area contributed by atoms with Crippen LogP contribution in [-0.2, 0) is 4.79 Å². The van der Waals surface area contributed by atoms with Gasteiger partial charge in [-0.25, -0.2) is 0 Å². The molecule has 0 bridgehead atoms. The van der Waals surface area contributed by atoms with Crippen LogP contribution >= 0.6 is 27.5 Å². The van der Waals surface area contributed by atoms with E-state index < -0.39 is 0 Å². The summed E-state index contributed by atoms with van der Waals surface area (Å²) in [7, 11) is 0. The van der Waals surface area contributed by atoms with Crippen LogP contribution in [0.3, 0.4) is 0 Å². The molecule has 1 unspecified atom stereocenters. The molecule has 0 amide bonds. The summed E-state index contributed by atoms with van der Waals surface area (Å²) in [5, 5.41) is 4.62. The average molecular weight is 370 g/mol. The molecule has 1 aliphatic carbocycles. The van der Waals surface area contributed by atoms with Crippen LogP contribution in [0.5, 0.6) is 0 Å². The Bertz CT molecular complexity index is 671. The highest BCUT2D eigenvalue weighted by atomic mass is 79.9. The monoisotopic (exact) mass is 368 g/mol. The van der Waals surface area contributed by atoms with Gasteiger partial charge in [-0.1, -0.05) is 29.6 Å².